The second kappa shape index (κ2) is 4.90. The van der Waals surface area contributed by atoms with Crippen molar-refractivity contribution in [3.05, 3.63) is 23.3 Å². The van der Waals surface area contributed by atoms with Crippen LogP contribution in [0.2, 0.25) is 0 Å². The van der Waals surface area contributed by atoms with Gasteiger partial charge in [-0.25, -0.2) is 0 Å². The van der Waals surface area contributed by atoms with E-state index < -0.39 is 24.4 Å². The summed E-state index contributed by atoms with van der Waals surface area (Å²) in [5, 5.41) is 16.2. The van der Waals surface area contributed by atoms with E-state index in [0.717, 1.165) is 4.68 Å². The van der Waals surface area contributed by atoms with E-state index in [9.17, 15) is 18.0 Å². The molecular weight excluding hydrogens is 289 g/mol. The molecular formula is C12H13F3N4O2. The standard InChI is InChI=1S/C12H13F3N4O2/c1-6-10(7(2)19(16-6)5-9(20)21)8-4-18(3)17-11(8)12(13,14)15/h4H,5H2,1-3H3,(H,20,21). The Kier molecular flexibility index (Phi) is 3.52. The van der Waals surface area contributed by atoms with Crippen LogP contribution in [0, 0.1) is 13.8 Å². The highest BCUT2D eigenvalue weighted by atomic mass is 19.4. The Morgan fingerprint density at radius 1 is 1.33 bits per heavy atom. The summed E-state index contributed by atoms with van der Waals surface area (Å²) in [5.41, 5.74) is -0.167. The minimum atomic E-state index is -4.59. The fourth-order valence-corrected chi connectivity index (χ4v) is 2.25. The van der Waals surface area contributed by atoms with Crippen molar-refractivity contribution < 1.29 is 23.1 Å². The molecule has 0 spiro atoms. The van der Waals surface area contributed by atoms with Crippen molar-refractivity contribution in [3.63, 3.8) is 0 Å². The third kappa shape index (κ3) is 2.76. The van der Waals surface area contributed by atoms with Crippen LogP contribution in [0.25, 0.3) is 11.1 Å². The minimum Gasteiger partial charge on any atom is -0.480 e. The first kappa shape index (κ1) is 15.1. The van der Waals surface area contributed by atoms with Gasteiger partial charge in [-0.1, -0.05) is 0 Å². The zero-order valence-electron chi connectivity index (χ0n) is 11.6. The quantitative estimate of drug-likeness (QED) is 0.941. The molecule has 0 saturated carbocycles. The summed E-state index contributed by atoms with van der Waals surface area (Å²) in [6.45, 7) is 2.66. The number of aromatic nitrogens is 4. The van der Waals surface area contributed by atoms with E-state index in [1.165, 1.54) is 31.8 Å². The van der Waals surface area contributed by atoms with E-state index in [2.05, 4.69) is 10.2 Å². The second-order valence-corrected chi connectivity index (χ2v) is 4.66. The molecule has 2 aromatic heterocycles. The van der Waals surface area contributed by atoms with E-state index in [4.69, 9.17) is 5.11 Å². The maximum atomic E-state index is 13.0. The van der Waals surface area contributed by atoms with Gasteiger partial charge in [-0.2, -0.15) is 23.4 Å². The highest BCUT2D eigenvalue weighted by Gasteiger charge is 2.38. The molecule has 2 aromatic rings. The smallest absolute Gasteiger partial charge is 0.435 e. The van der Waals surface area contributed by atoms with E-state index >= 15 is 0 Å². The first-order chi connectivity index (χ1) is 9.61. The second-order valence-electron chi connectivity index (χ2n) is 4.66. The van der Waals surface area contributed by atoms with Crippen molar-refractivity contribution >= 4 is 5.97 Å². The van der Waals surface area contributed by atoms with Crippen molar-refractivity contribution in [2.24, 2.45) is 7.05 Å². The summed E-state index contributed by atoms with van der Waals surface area (Å²) < 4.78 is 41.3. The predicted molar refractivity (Wildman–Crippen MR) is 66.5 cm³/mol. The lowest BCUT2D eigenvalue weighted by molar-refractivity contribution is -0.141. The largest absolute Gasteiger partial charge is 0.480 e. The number of carboxylic acid groups (broad SMARTS) is 1. The molecule has 114 valence electrons. The van der Waals surface area contributed by atoms with Crippen LogP contribution in [0.3, 0.4) is 0 Å². The average Bonchev–Trinajstić information content (AvgIpc) is 2.80. The number of carbonyl (C=O) groups is 1. The molecule has 6 nitrogen and oxygen atoms in total. The number of nitrogens with zero attached hydrogens (tertiary/aromatic N) is 4. The number of hydrogen-bond acceptors (Lipinski definition) is 3. The van der Waals surface area contributed by atoms with Crippen molar-refractivity contribution in [1.29, 1.82) is 0 Å². The Hall–Kier alpha value is -2.32. The maximum absolute atomic E-state index is 13.0. The van der Waals surface area contributed by atoms with Gasteiger partial charge in [0.05, 0.1) is 5.69 Å². The van der Waals surface area contributed by atoms with Gasteiger partial charge in [-0.15, -0.1) is 0 Å². The highest BCUT2D eigenvalue weighted by Crippen LogP contribution is 2.38. The molecule has 0 aromatic carbocycles. The third-order valence-electron chi connectivity index (χ3n) is 3.03. The van der Waals surface area contributed by atoms with Crippen LogP contribution in [-0.2, 0) is 24.6 Å². The van der Waals surface area contributed by atoms with Crippen LogP contribution < -0.4 is 0 Å². The lowest BCUT2D eigenvalue weighted by Crippen LogP contribution is -2.11. The van der Waals surface area contributed by atoms with Gasteiger partial charge < -0.3 is 5.11 Å². The number of rotatable bonds is 3. The molecule has 9 heteroatoms. The molecule has 21 heavy (non-hydrogen) atoms. The number of carboxylic acids is 1. The lowest BCUT2D eigenvalue weighted by Gasteiger charge is -2.06. The van der Waals surface area contributed by atoms with Gasteiger partial charge in [0.25, 0.3) is 0 Å². The number of halogens is 3. The molecule has 0 bridgehead atoms. The van der Waals surface area contributed by atoms with E-state index in [0.29, 0.717) is 11.4 Å². The zero-order valence-corrected chi connectivity index (χ0v) is 11.6. The topological polar surface area (TPSA) is 72.9 Å². The Bertz CT molecular complexity index is 700. The predicted octanol–water partition coefficient (Wildman–Crippen LogP) is 2.00. The molecule has 0 aliphatic carbocycles. The molecule has 0 aliphatic heterocycles. The summed E-state index contributed by atoms with van der Waals surface area (Å²) >= 11 is 0. The Balaban J connectivity index is 2.63. The zero-order chi connectivity index (χ0) is 15.9. The average molecular weight is 302 g/mol. The Morgan fingerprint density at radius 2 is 1.95 bits per heavy atom. The molecule has 0 atom stereocenters. The number of aryl methyl sites for hydroxylation is 2. The van der Waals surface area contributed by atoms with Crippen LogP contribution >= 0.6 is 0 Å². The van der Waals surface area contributed by atoms with Crippen LogP contribution in [0.4, 0.5) is 13.2 Å². The molecule has 0 radical (unpaired) electrons. The van der Waals surface area contributed by atoms with Crippen molar-refractivity contribution in [1.82, 2.24) is 19.6 Å². The number of aliphatic carboxylic acids is 1. The SMILES string of the molecule is Cc1nn(CC(=O)O)c(C)c1-c1cn(C)nc1C(F)(F)F. The van der Waals surface area contributed by atoms with Gasteiger partial charge in [-0.05, 0) is 13.8 Å². The fraction of sp³-hybridized carbons (Fsp3) is 0.417. The van der Waals surface area contributed by atoms with E-state index in [-0.39, 0.29) is 11.1 Å². The Labute approximate surface area is 117 Å². The van der Waals surface area contributed by atoms with E-state index in [1.807, 2.05) is 0 Å². The fourth-order valence-electron chi connectivity index (χ4n) is 2.25. The normalized spacial score (nSPS) is 11.9. The summed E-state index contributed by atoms with van der Waals surface area (Å²) in [6, 6.07) is 0. The van der Waals surface area contributed by atoms with Crippen LogP contribution in [0.5, 0.6) is 0 Å². The molecule has 0 saturated heterocycles. The van der Waals surface area contributed by atoms with Gasteiger partial charge in [0.15, 0.2) is 5.69 Å². The monoisotopic (exact) mass is 302 g/mol. The summed E-state index contributed by atoms with van der Waals surface area (Å²) in [4.78, 5) is 10.8. The van der Waals surface area contributed by atoms with Crippen LogP contribution in [0.1, 0.15) is 17.1 Å². The minimum absolute atomic E-state index is 0.100. The Morgan fingerprint density at radius 3 is 2.48 bits per heavy atom. The summed E-state index contributed by atoms with van der Waals surface area (Å²) in [5.74, 6) is -1.12. The molecule has 0 unspecified atom stereocenters. The van der Waals surface area contributed by atoms with Gasteiger partial charge in [-0.3, -0.25) is 14.2 Å². The first-order valence-corrected chi connectivity index (χ1v) is 5.98. The van der Waals surface area contributed by atoms with Crippen LogP contribution in [-0.4, -0.2) is 30.6 Å². The summed E-state index contributed by atoms with van der Waals surface area (Å²) in [6.07, 6.45) is -3.34. The molecule has 2 heterocycles. The molecule has 0 fully saturated rings. The van der Waals surface area contributed by atoms with E-state index in [1.54, 1.807) is 0 Å². The van der Waals surface area contributed by atoms with Crippen molar-refractivity contribution in [2.75, 3.05) is 0 Å². The molecule has 2 rings (SSSR count). The third-order valence-corrected chi connectivity index (χ3v) is 3.03. The van der Waals surface area contributed by atoms with Gasteiger partial charge in [0, 0.05) is 30.1 Å². The summed E-state index contributed by atoms with van der Waals surface area (Å²) in [7, 11) is 1.39. The van der Waals surface area contributed by atoms with Gasteiger partial charge >= 0.3 is 12.1 Å². The number of hydrogen-bond donors (Lipinski definition) is 1. The van der Waals surface area contributed by atoms with Crippen molar-refractivity contribution in [3.8, 4) is 11.1 Å². The highest BCUT2D eigenvalue weighted by molar-refractivity contribution is 5.72. The molecule has 0 amide bonds. The lowest BCUT2D eigenvalue weighted by atomic mass is 10.0. The van der Waals surface area contributed by atoms with Gasteiger partial charge in [0.2, 0.25) is 0 Å². The molecule has 0 aliphatic rings. The number of alkyl halides is 3. The maximum Gasteiger partial charge on any atom is 0.435 e. The van der Waals surface area contributed by atoms with Gasteiger partial charge in [0.1, 0.15) is 6.54 Å². The van der Waals surface area contributed by atoms with Crippen molar-refractivity contribution in [2.45, 2.75) is 26.6 Å². The molecule has 1 N–H and O–H groups in total. The van der Waals surface area contributed by atoms with Crippen LogP contribution in [0.15, 0.2) is 6.20 Å². The first-order valence-electron chi connectivity index (χ1n) is 5.98.